The topological polar surface area (TPSA) is 89.3 Å². The molecule has 0 unspecified atom stereocenters. The van der Waals surface area contributed by atoms with E-state index < -0.39 is 5.25 Å². The number of anilines is 1. The summed E-state index contributed by atoms with van der Waals surface area (Å²) in [4.78, 5) is 12.7. The molecule has 0 aliphatic rings. The molecule has 0 fully saturated rings. The number of thioether (sulfide) groups is 1. The van der Waals surface area contributed by atoms with E-state index in [9.17, 15) is 9.90 Å². The van der Waals surface area contributed by atoms with Gasteiger partial charge in [-0.05, 0) is 67.6 Å². The lowest BCUT2D eigenvalue weighted by Crippen LogP contribution is -2.22. The van der Waals surface area contributed by atoms with E-state index in [-0.39, 0.29) is 11.7 Å². The number of para-hydroxylation sites is 1. The molecule has 8 heteroatoms. The van der Waals surface area contributed by atoms with E-state index in [2.05, 4.69) is 15.5 Å². The molecular weight excluding hydrogens is 424 g/mol. The minimum atomic E-state index is -0.413. The van der Waals surface area contributed by atoms with Gasteiger partial charge in [0.2, 0.25) is 5.91 Å². The van der Waals surface area contributed by atoms with E-state index in [0.29, 0.717) is 11.0 Å². The lowest BCUT2D eigenvalue weighted by molar-refractivity contribution is -0.115. The molecule has 0 radical (unpaired) electrons. The van der Waals surface area contributed by atoms with Crippen LogP contribution in [0.1, 0.15) is 6.92 Å². The zero-order valence-electron chi connectivity index (χ0n) is 17.6. The van der Waals surface area contributed by atoms with Crippen LogP contribution < -0.4 is 10.1 Å². The Kier molecular flexibility index (Phi) is 6.42. The Morgan fingerprint density at radius 1 is 1.00 bits per heavy atom. The van der Waals surface area contributed by atoms with Crippen LogP contribution in [0.15, 0.2) is 84.0 Å². The summed E-state index contributed by atoms with van der Waals surface area (Å²) in [6, 6.07) is 23.6. The van der Waals surface area contributed by atoms with Crippen LogP contribution in [0.25, 0.3) is 17.1 Å². The summed E-state index contributed by atoms with van der Waals surface area (Å²) in [5.41, 5.74) is 2.36. The van der Waals surface area contributed by atoms with Crippen molar-refractivity contribution in [2.24, 2.45) is 0 Å². The zero-order chi connectivity index (χ0) is 22.5. The molecule has 1 amide bonds. The predicted molar refractivity (Wildman–Crippen MR) is 125 cm³/mol. The van der Waals surface area contributed by atoms with Gasteiger partial charge in [0, 0.05) is 16.9 Å². The van der Waals surface area contributed by atoms with Crippen molar-refractivity contribution in [3.63, 3.8) is 0 Å². The normalized spacial score (nSPS) is 11.7. The summed E-state index contributed by atoms with van der Waals surface area (Å²) < 4.78 is 7.16. The van der Waals surface area contributed by atoms with Crippen molar-refractivity contribution in [2.75, 3.05) is 12.4 Å². The first-order chi connectivity index (χ1) is 15.5. The SMILES string of the molecule is COc1ccc(-n2c(S[C@@H](C)C(=O)Nc3ccccc3)nnc2-c2ccc(O)cc2)cc1. The smallest absolute Gasteiger partial charge is 0.237 e. The van der Waals surface area contributed by atoms with Crippen molar-refractivity contribution in [1.29, 1.82) is 0 Å². The molecule has 0 saturated heterocycles. The average molecular weight is 447 g/mol. The molecular formula is C24H22N4O3S. The van der Waals surface area contributed by atoms with Crippen LogP contribution in [0.5, 0.6) is 11.5 Å². The van der Waals surface area contributed by atoms with Gasteiger partial charge in [0.1, 0.15) is 11.5 Å². The summed E-state index contributed by atoms with van der Waals surface area (Å²) in [6.45, 7) is 1.83. The van der Waals surface area contributed by atoms with Crippen LogP contribution in [0.3, 0.4) is 0 Å². The summed E-state index contributed by atoms with van der Waals surface area (Å²) in [6.07, 6.45) is 0. The first-order valence-electron chi connectivity index (χ1n) is 9.97. The molecule has 162 valence electrons. The third-order valence-electron chi connectivity index (χ3n) is 4.78. The van der Waals surface area contributed by atoms with Crippen LogP contribution in [0.2, 0.25) is 0 Å². The fourth-order valence-electron chi connectivity index (χ4n) is 3.08. The maximum atomic E-state index is 12.7. The minimum absolute atomic E-state index is 0.128. The van der Waals surface area contributed by atoms with Crippen LogP contribution in [-0.2, 0) is 4.79 Å². The number of ether oxygens (including phenoxy) is 1. The van der Waals surface area contributed by atoms with Gasteiger partial charge in [-0.3, -0.25) is 9.36 Å². The van der Waals surface area contributed by atoms with Gasteiger partial charge in [0.15, 0.2) is 11.0 Å². The second-order valence-electron chi connectivity index (χ2n) is 7.00. The van der Waals surface area contributed by atoms with E-state index in [0.717, 1.165) is 22.7 Å². The molecule has 1 heterocycles. The average Bonchev–Trinajstić information content (AvgIpc) is 3.23. The van der Waals surface area contributed by atoms with E-state index >= 15 is 0 Å². The van der Waals surface area contributed by atoms with Crippen molar-refractivity contribution in [1.82, 2.24) is 14.8 Å². The maximum absolute atomic E-state index is 12.7. The Labute approximate surface area is 190 Å². The number of phenolic OH excluding ortho intramolecular Hbond substituents is 1. The highest BCUT2D eigenvalue weighted by Gasteiger charge is 2.22. The lowest BCUT2D eigenvalue weighted by Gasteiger charge is -2.14. The molecule has 0 bridgehead atoms. The standard InChI is InChI=1S/C24H22N4O3S/c1-16(23(30)25-18-6-4-3-5-7-18)32-24-27-26-22(17-8-12-20(29)13-9-17)28(24)19-10-14-21(31-2)15-11-19/h3-16,29H,1-2H3,(H,25,30)/t16-/m0/s1. The quantitative estimate of drug-likeness (QED) is 0.398. The van der Waals surface area contributed by atoms with Crippen LogP contribution in [-0.4, -0.2) is 38.1 Å². The molecule has 0 aliphatic carbocycles. The number of aromatic hydroxyl groups is 1. The number of carbonyl (C=O) groups excluding carboxylic acids is 1. The summed E-state index contributed by atoms with van der Waals surface area (Å²) >= 11 is 1.32. The molecule has 0 saturated carbocycles. The Hall–Kier alpha value is -3.78. The fourth-order valence-corrected chi connectivity index (χ4v) is 3.95. The third-order valence-corrected chi connectivity index (χ3v) is 5.82. The van der Waals surface area contributed by atoms with Gasteiger partial charge in [-0.15, -0.1) is 10.2 Å². The van der Waals surface area contributed by atoms with Crippen LogP contribution >= 0.6 is 11.8 Å². The van der Waals surface area contributed by atoms with Gasteiger partial charge in [0.25, 0.3) is 0 Å². The fraction of sp³-hybridized carbons (Fsp3) is 0.125. The Bertz CT molecular complexity index is 1190. The largest absolute Gasteiger partial charge is 0.508 e. The van der Waals surface area contributed by atoms with Gasteiger partial charge >= 0.3 is 0 Å². The number of benzene rings is 3. The van der Waals surface area contributed by atoms with Crippen LogP contribution in [0, 0.1) is 0 Å². The number of nitrogens with one attached hydrogen (secondary N) is 1. The number of hydrogen-bond acceptors (Lipinski definition) is 6. The zero-order valence-corrected chi connectivity index (χ0v) is 18.4. The maximum Gasteiger partial charge on any atom is 0.237 e. The summed E-state index contributed by atoms with van der Waals surface area (Å²) in [5.74, 6) is 1.38. The molecule has 1 atom stereocenters. The Morgan fingerprint density at radius 3 is 2.34 bits per heavy atom. The van der Waals surface area contributed by atoms with E-state index in [1.165, 1.54) is 11.8 Å². The highest BCUT2D eigenvalue weighted by atomic mass is 32.2. The minimum Gasteiger partial charge on any atom is -0.508 e. The van der Waals surface area contributed by atoms with Gasteiger partial charge in [-0.1, -0.05) is 30.0 Å². The number of amides is 1. The van der Waals surface area contributed by atoms with Gasteiger partial charge in [-0.25, -0.2) is 0 Å². The molecule has 4 rings (SSSR count). The third kappa shape index (κ3) is 4.76. The second kappa shape index (κ2) is 9.57. The van der Waals surface area contributed by atoms with E-state index in [4.69, 9.17) is 4.74 Å². The molecule has 0 spiro atoms. The highest BCUT2D eigenvalue weighted by molar-refractivity contribution is 8.00. The molecule has 2 N–H and O–H groups in total. The highest BCUT2D eigenvalue weighted by Crippen LogP contribution is 2.31. The lowest BCUT2D eigenvalue weighted by atomic mass is 10.2. The van der Waals surface area contributed by atoms with Crippen molar-refractivity contribution in [3.8, 4) is 28.6 Å². The van der Waals surface area contributed by atoms with Gasteiger partial charge in [0.05, 0.1) is 12.4 Å². The first-order valence-corrected chi connectivity index (χ1v) is 10.8. The summed E-state index contributed by atoms with van der Waals surface area (Å²) in [7, 11) is 1.62. The second-order valence-corrected chi connectivity index (χ2v) is 8.31. The molecule has 32 heavy (non-hydrogen) atoms. The number of nitrogens with zero attached hydrogens (tertiary/aromatic N) is 3. The molecule has 7 nitrogen and oxygen atoms in total. The van der Waals surface area contributed by atoms with Gasteiger partial charge < -0.3 is 15.2 Å². The number of methoxy groups -OCH3 is 1. The van der Waals surface area contributed by atoms with E-state index in [1.807, 2.05) is 66.1 Å². The van der Waals surface area contributed by atoms with Crippen molar-refractivity contribution in [3.05, 3.63) is 78.9 Å². The van der Waals surface area contributed by atoms with Crippen molar-refractivity contribution >= 4 is 23.4 Å². The first kappa shape index (κ1) is 21.5. The molecule has 1 aromatic heterocycles. The number of carbonyl (C=O) groups is 1. The molecule has 3 aromatic carbocycles. The molecule has 4 aromatic rings. The van der Waals surface area contributed by atoms with Crippen molar-refractivity contribution in [2.45, 2.75) is 17.3 Å². The predicted octanol–water partition coefficient (Wildman–Crippen LogP) is 4.77. The number of hydrogen-bond donors (Lipinski definition) is 2. The molecule has 0 aliphatic heterocycles. The number of rotatable bonds is 7. The number of aromatic nitrogens is 3. The monoisotopic (exact) mass is 446 g/mol. The van der Waals surface area contributed by atoms with E-state index in [1.54, 1.807) is 31.4 Å². The van der Waals surface area contributed by atoms with Crippen molar-refractivity contribution < 1.29 is 14.6 Å². The Morgan fingerprint density at radius 2 is 1.69 bits per heavy atom. The number of phenols is 1. The summed E-state index contributed by atoms with van der Waals surface area (Å²) in [5, 5.41) is 21.5. The van der Waals surface area contributed by atoms with Crippen LogP contribution in [0.4, 0.5) is 5.69 Å². The van der Waals surface area contributed by atoms with Gasteiger partial charge in [-0.2, -0.15) is 0 Å². The Balaban J connectivity index is 1.66.